The number of ether oxygens (including phenoxy) is 1. The molecule has 0 amide bonds. The molecule has 3 nitrogen and oxygen atoms in total. The molecule has 0 saturated heterocycles. The van der Waals surface area contributed by atoms with Crippen LogP contribution in [-0.2, 0) is 0 Å². The molecule has 27 heavy (non-hydrogen) atoms. The van der Waals surface area contributed by atoms with E-state index in [1.54, 1.807) is 12.1 Å². The van der Waals surface area contributed by atoms with Gasteiger partial charge in [0.15, 0.2) is 0 Å². The molecular weight excluding hydrogens is 336 g/mol. The van der Waals surface area contributed by atoms with Crippen molar-refractivity contribution in [1.82, 2.24) is 0 Å². The molecule has 0 aliphatic rings. The second kappa shape index (κ2) is 8.24. The molecule has 0 fully saturated rings. The zero-order chi connectivity index (χ0) is 20.5. The largest absolute Gasteiger partial charge is 0.508 e. The first-order valence-corrected chi connectivity index (χ1v) is 9.95. The fourth-order valence-corrected chi connectivity index (χ4v) is 3.91. The number of benzene rings is 2. The number of rotatable bonds is 6. The Morgan fingerprint density at radius 1 is 0.519 bits per heavy atom. The highest BCUT2D eigenvalue weighted by molar-refractivity contribution is 5.56. The molecule has 2 rings (SSSR count). The van der Waals surface area contributed by atoms with E-state index in [2.05, 4.69) is 55.4 Å². The Morgan fingerprint density at radius 3 is 1.07 bits per heavy atom. The molecule has 2 N–H and O–H groups in total. The minimum Gasteiger partial charge on any atom is -0.508 e. The molecule has 3 heteroatoms. The molecule has 0 aromatic heterocycles. The van der Waals surface area contributed by atoms with Gasteiger partial charge in [-0.15, -0.1) is 0 Å². The summed E-state index contributed by atoms with van der Waals surface area (Å²) in [6, 6.07) is 7.13. The smallest absolute Gasteiger partial charge is 0.131 e. The lowest BCUT2D eigenvalue weighted by molar-refractivity contribution is 0.435. The Kier molecular flexibility index (Phi) is 6.46. The third-order valence-corrected chi connectivity index (χ3v) is 4.98. The van der Waals surface area contributed by atoms with Gasteiger partial charge in [-0.3, -0.25) is 0 Å². The highest BCUT2D eigenvalue weighted by Gasteiger charge is 2.23. The van der Waals surface area contributed by atoms with Crippen molar-refractivity contribution in [3.05, 3.63) is 46.5 Å². The van der Waals surface area contributed by atoms with Crippen LogP contribution in [0, 0.1) is 0 Å². The van der Waals surface area contributed by atoms with E-state index in [0.717, 1.165) is 33.8 Å². The average Bonchev–Trinajstić information content (AvgIpc) is 2.55. The summed E-state index contributed by atoms with van der Waals surface area (Å²) in [5.74, 6) is 3.01. The van der Waals surface area contributed by atoms with Gasteiger partial charge in [-0.25, -0.2) is 0 Å². The summed E-state index contributed by atoms with van der Waals surface area (Å²) in [5.41, 5.74) is 3.96. The summed E-state index contributed by atoms with van der Waals surface area (Å²) < 4.78 is 6.43. The molecule has 0 aliphatic heterocycles. The van der Waals surface area contributed by atoms with Gasteiger partial charge in [-0.05, 0) is 47.9 Å². The van der Waals surface area contributed by atoms with Crippen LogP contribution in [0.3, 0.4) is 0 Å². The van der Waals surface area contributed by atoms with Gasteiger partial charge < -0.3 is 14.9 Å². The third-order valence-electron chi connectivity index (χ3n) is 4.98. The maximum Gasteiger partial charge on any atom is 0.131 e. The lowest BCUT2D eigenvalue weighted by Crippen LogP contribution is -2.05. The highest BCUT2D eigenvalue weighted by Crippen LogP contribution is 2.45. The standard InChI is InChI=1S/C24H34O3/c1-13(2)21-17(25)9-11-19(23(21)15(5)6)27-20-12-10-18(26)22(14(3)4)24(20)16(7)8/h9-16,25-26H,1-8H3. The van der Waals surface area contributed by atoms with E-state index in [1.165, 1.54) is 0 Å². The van der Waals surface area contributed by atoms with Crippen LogP contribution in [0.4, 0.5) is 0 Å². The summed E-state index contributed by atoms with van der Waals surface area (Å²) >= 11 is 0. The van der Waals surface area contributed by atoms with Crippen LogP contribution in [-0.4, -0.2) is 10.2 Å². The molecule has 0 spiro atoms. The zero-order valence-corrected chi connectivity index (χ0v) is 17.9. The molecule has 0 heterocycles. The van der Waals surface area contributed by atoms with Crippen LogP contribution >= 0.6 is 0 Å². The molecule has 0 aliphatic carbocycles. The minimum absolute atomic E-state index is 0.196. The average molecular weight is 371 g/mol. The molecule has 2 aromatic rings. The second-order valence-electron chi connectivity index (χ2n) is 8.54. The summed E-state index contributed by atoms with van der Waals surface area (Å²) in [7, 11) is 0. The second-order valence-corrected chi connectivity index (χ2v) is 8.54. The van der Waals surface area contributed by atoms with Gasteiger partial charge in [-0.1, -0.05) is 55.4 Å². The molecule has 0 saturated carbocycles. The first-order valence-electron chi connectivity index (χ1n) is 9.95. The van der Waals surface area contributed by atoms with Crippen molar-refractivity contribution in [2.75, 3.05) is 0 Å². The molecule has 148 valence electrons. The first-order chi connectivity index (χ1) is 12.6. The lowest BCUT2D eigenvalue weighted by Gasteiger charge is -2.25. The van der Waals surface area contributed by atoms with Crippen molar-refractivity contribution in [2.24, 2.45) is 0 Å². The van der Waals surface area contributed by atoms with E-state index in [1.807, 2.05) is 12.1 Å². The first kappa shape index (κ1) is 21.1. The van der Waals surface area contributed by atoms with Crippen molar-refractivity contribution in [3.8, 4) is 23.0 Å². The molecule has 2 aromatic carbocycles. The maximum atomic E-state index is 10.4. The van der Waals surface area contributed by atoms with E-state index >= 15 is 0 Å². The molecular formula is C24H34O3. The normalized spacial score (nSPS) is 11.9. The summed E-state index contributed by atoms with van der Waals surface area (Å²) in [6.07, 6.45) is 0. The monoisotopic (exact) mass is 370 g/mol. The number of hydrogen-bond acceptors (Lipinski definition) is 3. The van der Waals surface area contributed by atoms with Crippen molar-refractivity contribution >= 4 is 0 Å². The van der Waals surface area contributed by atoms with Crippen LogP contribution in [0.15, 0.2) is 24.3 Å². The van der Waals surface area contributed by atoms with Crippen LogP contribution in [0.2, 0.25) is 0 Å². The van der Waals surface area contributed by atoms with Gasteiger partial charge in [0.1, 0.15) is 23.0 Å². The number of phenolic OH excluding ortho intramolecular Hbond substituents is 2. The Bertz CT molecular complexity index is 734. The van der Waals surface area contributed by atoms with Crippen molar-refractivity contribution < 1.29 is 14.9 Å². The zero-order valence-electron chi connectivity index (χ0n) is 17.9. The van der Waals surface area contributed by atoms with E-state index in [0.29, 0.717) is 11.5 Å². The predicted molar refractivity (Wildman–Crippen MR) is 113 cm³/mol. The Balaban J connectivity index is 2.68. The molecule has 0 radical (unpaired) electrons. The van der Waals surface area contributed by atoms with Gasteiger partial charge in [0.2, 0.25) is 0 Å². The van der Waals surface area contributed by atoms with Crippen molar-refractivity contribution in [2.45, 2.75) is 79.1 Å². The molecule has 0 unspecified atom stereocenters. The van der Waals surface area contributed by atoms with Gasteiger partial charge in [0.25, 0.3) is 0 Å². The van der Waals surface area contributed by atoms with E-state index in [9.17, 15) is 10.2 Å². The fourth-order valence-electron chi connectivity index (χ4n) is 3.91. The van der Waals surface area contributed by atoms with Crippen molar-refractivity contribution in [1.29, 1.82) is 0 Å². The number of phenols is 2. The SMILES string of the molecule is CC(C)c1c(O)ccc(Oc2ccc(O)c(C(C)C)c2C(C)C)c1C(C)C. The van der Waals surface area contributed by atoms with E-state index in [-0.39, 0.29) is 23.7 Å². The van der Waals surface area contributed by atoms with E-state index in [4.69, 9.17) is 4.74 Å². The highest BCUT2D eigenvalue weighted by atomic mass is 16.5. The summed E-state index contributed by atoms with van der Waals surface area (Å²) in [6.45, 7) is 16.8. The summed E-state index contributed by atoms with van der Waals surface area (Å²) in [4.78, 5) is 0. The Morgan fingerprint density at radius 2 is 0.815 bits per heavy atom. The van der Waals surface area contributed by atoms with Crippen molar-refractivity contribution in [3.63, 3.8) is 0 Å². The topological polar surface area (TPSA) is 49.7 Å². The third kappa shape index (κ3) is 4.23. The predicted octanol–water partition coefficient (Wildman–Crippen LogP) is 7.38. The van der Waals surface area contributed by atoms with Gasteiger partial charge >= 0.3 is 0 Å². The minimum atomic E-state index is 0.196. The quantitative estimate of drug-likeness (QED) is 0.557. The fraction of sp³-hybridized carbons (Fsp3) is 0.500. The van der Waals surface area contributed by atoms with Crippen LogP contribution in [0.5, 0.6) is 23.0 Å². The van der Waals surface area contributed by atoms with Crippen LogP contribution in [0.1, 0.15) is 101 Å². The maximum absolute atomic E-state index is 10.4. The van der Waals surface area contributed by atoms with Crippen LogP contribution < -0.4 is 4.74 Å². The Labute approximate surface area is 164 Å². The summed E-state index contributed by atoms with van der Waals surface area (Å²) in [5, 5.41) is 20.8. The van der Waals surface area contributed by atoms with Gasteiger partial charge in [0, 0.05) is 22.3 Å². The Hall–Kier alpha value is -2.16. The number of aromatic hydroxyl groups is 2. The lowest BCUT2D eigenvalue weighted by atomic mass is 9.88. The van der Waals surface area contributed by atoms with Crippen LogP contribution in [0.25, 0.3) is 0 Å². The molecule has 0 atom stereocenters. The number of hydrogen-bond donors (Lipinski definition) is 2. The van der Waals surface area contributed by atoms with E-state index < -0.39 is 0 Å². The molecule has 0 bridgehead atoms. The van der Waals surface area contributed by atoms with Gasteiger partial charge in [0.05, 0.1) is 0 Å². The van der Waals surface area contributed by atoms with Gasteiger partial charge in [-0.2, -0.15) is 0 Å².